The van der Waals surface area contributed by atoms with Crippen LogP contribution in [0, 0.1) is 0 Å². The lowest BCUT2D eigenvalue weighted by atomic mass is 10.1. The lowest BCUT2D eigenvalue weighted by Gasteiger charge is -2.18. The van der Waals surface area contributed by atoms with Gasteiger partial charge >= 0.3 is 0 Å². The van der Waals surface area contributed by atoms with Gasteiger partial charge in [0.05, 0.1) is 11.1 Å². The van der Waals surface area contributed by atoms with Gasteiger partial charge in [0.25, 0.3) is 11.8 Å². The molecule has 0 atom stereocenters. The molecule has 0 aliphatic rings. The fourth-order valence-corrected chi connectivity index (χ4v) is 2.44. The van der Waals surface area contributed by atoms with Gasteiger partial charge in [-0.15, -0.1) is 0 Å². The highest BCUT2D eigenvalue weighted by Crippen LogP contribution is 2.07. The number of rotatable bonds is 7. The van der Waals surface area contributed by atoms with E-state index in [4.69, 9.17) is 0 Å². The second-order valence-corrected chi connectivity index (χ2v) is 5.43. The Labute approximate surface area is 142 Å². The Morgan fingerprint density at radius 1 is 1.04 bits per heavy atom. The molecule has 5 nitrogen and oxygen atoms in total. The van der Waals surface area contributed by atoms with Crippen molar-refractivity contribution in [2.75, 3.05) is 19.6 Å². The third-order valence-electron chi connectivity index (χ3n) is 3.84. The van der Waals surface area contributed by atoms with Crippen LogP contribution in [0.2, 0.25) is 0 Å². The van der Waals surface area contributed by atoms with Crippen LogP contribution in [-0.4, -0.2) is 41.3 Å². The third-order valence-corrected chi connectivity index (χ3v) is 3.84. The van der Waals surface area contributed by atoms with E-state index >= 15 is 0 Å². The predicted molar refractivity (Wildman–Crippen MR) is 94.0 cm³/mol. The molecule has 1 aromatic heterocycles. The van der Waals surface area contributed by atoms with Gasteiger partial charge in [0.2, 0.25) is 0 Å². The number of hydrogen-bond acceptors (Lipinski definition) is 3. The second kappa shape index (κ2) is 8.82. The van der Waals surface area contributed by atoms with Crippen molar-refractivity contribution in [2.24, 2.45) is 0 Å². The van der Waals surface area contributed by atoms with Crippen LogP contribution in [0.4, 0.5) is 0 Å². The number of nitrogens with one attached hydrogen (secondary N) is 1. The van der Waals surface area contributed by atoms with Crippen molar-refractivity contribution in [1.29, 1.82) is 0 Å². The summed E-state index contributed by atoms with van der Waals surface area (Å²) in [5.74, 6) is -0.320. The molecule has 5 heteroatoms. The number of hydrogen-bond donors (Lipinski definition) is 1. The van der Waals surface area contributed by atoms with Crippen molar-refractivity contribution in [1.82, 2.24) is 15.2 Å². The molecular formula is C19H23N3O2. The van der Waals surface area contributed by atoms with E-state index in [2.05, 4.69) is 10.3 Å². The molecule has 0 saturated heterocycles. The van der Waals surface area contributed by atoms with Crippen molar-refractivity contribution in [2.45, 2.75) is 20.3 Å². The maximum absolute atomic E-state index is 12.3. The summed E-state index contributed by atoms with van der Waals surface area (Å²) in [6.45, 7) is 5.65. The van der Waals surface area contributed by atoms with E-state index in [9.17, 15) is 9.59 Å². The SMILES string of the molecule is CCN(CC)C(=O)c1cncc(C(=O)NCCc2ccccc2)c1. The highest BCUT2D eigenvalue weighted by Gasteiger charge is 2.15. The summed E-state index contributed by atoms with van der Waals surface area (Å²) in [4.78, 5) is 30.3. The van der Waals surface area contributed by atoms with Crippen molar-refractivity contribution < 1.29 is 9.59 Å². The van der Waals surface area contributed by atoms with E-state index < -0.39 is 0 Å². The molecule has 2 aromatic rings. The zero-order valence-corrected chi connectivity index (χ0v) is 14.2. The van der Waals surface area contributed by atoms with E-state index in [0.29, 0.717) is 30.8 Å². The summed E-state index contributed by atoms with van der Waals surface area (Å²) in [6.07, 6.45) is 3.75. The van der Waals surface area contributed by atoms with Crippen LogP contribution in [0.3, 0.4) is 0 Å². The second-order valence-electron chi connectivity index (χ2n) is 5.43. The number of pyridine rings is 1. The minimum absolute atomic E-state index is 0.105. The van der Waals surface area contributed by atoms with Crippen molar-refractivity contribution in [3.05, 3.63) is 65.5 Å². The van der Waals surface area contributed by atoms with Gasteiger partial charge in [-0.05, 0) is 31.9 Å². The lowest BCUT2D eigenvalue weighted by Crippen LogP contribution is -2.31. The molecular weight excluding hydrogens is 302 g/mol. The number of aromatic nitrogens is 1. The minimum atomic E-state index is -0.215. The van der Waals surface area contributed by atoms with Gasteiger partial charge in [0.1, 0.15) is 0 Å². The average Bonchev–Trinajstić information content (AvgIpc) is 2.63. The van der Waals surface area contributed by atoms with Crippen LogP contribution >= 0.6 is 0 Å². The summed E-state index contributed by atoms with van der Waals surface area (Å²) in [5, 5.41) is 2.87. The summed E-state index contributed by atoms with van der Waals surface area (Å²) in [5.41, 5.74) is 2.01. The smallest absolute Gasteiger partial charge is 0.255 e. The Balaban J connectivity index is 1.97. The maximum atomic E-state index is 12.3. The van der Waals surface area contributed by atoms with Crippen LogP contribution in [0.1, 0.15) is 40.1 Å². The largest absolute Gasteiger partial charge is 0.352 e. The summed E-state index contributed by atoms with van der Waals surface area (Å²) in [6, 6.07) is 11.6. The molecule has 0 spiro atoms. The van der Waals surface area contributed by atoms with E-state index in [1.807, 2.05) is 44.2 Å². The van der Waals surface area contributed by atoms with Crippen LogP contribution in [-0.2, 0) is 6.42 Å². The quantitative estimate of drug-likeness (QED) is 0.851. The molecule has 2 rings (SSSR count). The highest BCUT2D eigenvalue weighted by molar-refractivity contribution is 5.99. The lowest BCUT2D eigenvalue weighted by molar-refractivity contribution is 0.0772. The molecule has 24 heavy (non-hydrogen) atoms. The molecule has 126 valence electrons. The minimum Gasteiger partial charge on any atom is -0.352 e. The molecule has 0 saturated carbocycles. The molecule has 2 amide bonds. The van der Waals surface area contributed by atoms with Gasteiger partial charge in [0, 0.05) is 32.0 Å². The summed E-state index contributed by atoms with van der Waals surface area (Å²) in [7, 11) is 0. The monoisotopic (exact) mass is 325 g/mol. The molecule has 1 aromatic carbocycles. The van der Waals surface area contributed by atoms with E-state index in [0.717, 1.165) is 6.42 Å². The molecule has 0 unspecified atom stereocenters. The van der Waals surface area contributed by atoms with Gasteiger partial charge in [-0.2, -0.15) is 0 Å². The topological polar surface area (TPSA) is 62.3 Å². The van der Waals surface area contributed by atoms with Crippen LogP contribution in [0.5, 0.6) is 0 Å². The number of nitrogens with zero attached hydrogens (tertiary/aromatic N) is 2. The molecule has 0 fully saturated rings. The van der Waals surface area contributed by atoms with Gasteiger partial charge < -0.3 is 10.2 Å². The number of benzene rings is 1. The molecule has 0 aliphatic carbocycles. The first kappa shape index (κ1) is 17.7. The van der Waals surface area contributed by atoms with E-state index in [1.165, 1.54) is 18.0 Å². The molecule has 1 N–H and O–H groups in total. The van der Waals surface area contributed by atoms with Crippen LogP contribution < -0.4 is 5.32 Å². The molecule has 0 bridgehead atoms. The average molecular weight is 325 g/mol. The Morgan fingerprint density at radius 2 is 1.71 bits per heavy atom. The van der Waals surface area contributed by atoms with Crippen molar-refractivity contribution in [3.8, 4) is 0 Å². The first-order valence-electron chi connectivity index (χ1n) is 8.22. The standard InChI is InChI=1S/C19H23N3O2/c1-3-22(4-2)19(24)17-12-16(13-20-14-17)18(23)21-11-10-15-8-6-5-7-9-15/h5-9,12-14H,3-4,10-11H2,1-2H3,(H,21,23). The number of amides is 2. The zero-order chi connectivity index (χ0) is 17.4. The van der Waals surface area contributed by atoms with Crippen molar-refractivity contribution >= 4 is 11.8 Å². The maximum Gasteiger partial charge on any atom is 0.255 e. The van der Waals surface area contributed by atoms with E-state index in [-0.39, 0.29) is 11.8 Å². The zero-order valence-electron chi connectivity index (χ0n) is 14.2. The summed E-state index contributed by atoms with van der Waals surface area (Å²) >= 11 is 0. The van der Waals surface area contributed by atoms with Crippen LogP contribution in [0.15, 0.2) is 48.8 Å². The van der Waals surface area contributed by atoms with Gasteiger partial charge in [0.15, 0.2) is 0 Å². The predicted octanol–water partition coefficient (Wildman–Crippen LogP) is 2.54. The fourth-order valence-electron chi connectivity index (χ4n) is 2.44. The molecule has 1 heterocycles. The fraction of sp³-hybridized carbons (Fsp3) is 0.316. The Bertz CT molecular complexity index is 682. The van der Waals surface area contributed by atoms with Crippen molar-refractivity contribution in [3.63, 3.8) is 0 Å². The van der Waals surface area contributed by atoms with Gasteiger partial charge in [-0.1, -0.05) is 30.3 Å². The normalized spacial score (nSPS) is 10.2. The van der Waals surface area contributed by atoms with Gasteiger partial charge in [-0.3, -0.25) is 14.6 Å². The first-order valence-corrected chi connectivity index (χ1v) is 8.22. The Hall–Kier alpha value is -2.69. The number of carbonyl (C=O) groups is 2. The Kier molecular flexibility index (Phi) is 6.49. The van der Waals surface area contributed by atoms with Crippen LogP contribution in [0.25, 0.3) is 0 Å². The Morgan fingerprint density at radius 3 is 2.38 bits per heavy atom. The molecule has 0 aliphatic heterocycles. The first-order chi connectivity index (χ1) is 11.7. The van der Waals surface area contributed by atoms with E-state index in [1.54, 1.807) is 11.0 Å². The number of carbonyl (C=O) groups excluding carboxylic acids is 2. The third kappa shape index (κ3) is 4.65. The molecule has 0 radical (unpaired) electrons. The highest BCUT2D eigenvalue weighted by atomic mass is 16.2. The van der Waals surface area contributed by atoms with Gasteiger partial charge in [-0.25, -0.2) is 0 Å². The summed E-state index contributed by atoms with van der Waals surface area (Å²) < 4.78 is 0.